The second-order valence-corrected chi connectivity index (χ2v) is 8.84. The summed E-state index contributed by atoms with van der Waals surface area (Å²) in [6, 6.07) is 0. The van der Waals surface area contributed by atoms with Crippen molar-refractivity contribution in [2.75, 3.05) is 32.4 Å². The summed E-state index contributed by atoms with van der Waals surface area (Å²) in [5.74, 6) is -0.0200. The standard InChI is InChI=1S/C13H21N3O3S2/c1-21(18,19)16-5-3-13(17)2-4-15(6-11(13)7-16)8-12-9-20-10-14-12/h9-11,17H,2-8H2,1H3/t11-,13-/m0/s1. The Hall–Kier alpha value is -0.540. The van der Waals surface area contributed by atoms with Crippen molar-refractivity contribution in [1.29, 1.82) is 0 Å². The normalized spacial score (nSPS) is 32.0. The Kier molecular flexibility index (Phi) is 4.08. The van der Waals surface area contributed by atoms with Crippen LogP contribution < -0.4 is 0 Å². The van der Waals surface area contributed by atoms with Crippen LogP contribution in [0.1, 0.15) is 18.5 Å². The molecule has 1 aromatic rings. The zero-order valence-electron chi connectivity index (χ0n) is 12.1. The Balaban J connectivity index is 1.69. The Labute approximate surface area is 129 Å². The van der Waals surface area contributed by atoms with Gasteiger partial charge in [0.05, 0.1) is 23.1 Å². The second-order valence-electron chi connectivity index (χ2n) is 6.14. The van der Waals surface area contributed by atoms with E-state index >= 15 is 0 Å². The lowest BCUT2D eigenvalue weighted by Gasteiger charge is -2.49. The number of aromatic nitrogens is 1. The third-order valence-electron chi connectivity index (χ3n) is 4.66. The van der Waals surface area contributed by atoms with Gasteiger partial charge in [-0.2, -0.15) is 0 Å². The van der Waals surface area contributed by atoms with Crippen LogP contribution in [0.4, 0.5) is 0 Å². The predicted octanol–water partition coefficient (Wildman–Crippen LogP) is 0.361. The molecule has 0 aliphatic carbocycles. The van der Waals surface area contributed by atoms with E-state index in [9.17, 15) is 13.5 Å². The van der Waals surface area contributed by atoms with Crippen molar-refractivity contribution in [2.24, 2.45) is 5.92 Å². The second kappa shape index (κ2) is 5.58. The largest absolute Gasteiger partial charge is 0.389 e. The van der Waals surface area contributed by atoms with Crippen molar-refractivity contribution in [3.05, 3.63) is 16.6 Å². The first kappa shape index (κ1) is 15.4. The van der Waals surface area contributed by atoms with Gasteiger partial charge < -0.3 is 5.11 Å². The number of hydrogen-bond donors (Lipinski definition) is 1. The number of likely N-dealkylation sites (tertiary alicyclic amines) is 1. The van der Waals surface area contributed by atoms with Crippen LogP contribution in [-0.4, -0.2) is 65.7 Å². The lowest BCUT2D eigenvalue weighted by molar-refractivity contribution is -0.103. The summed E-state index contributed by atoms with van der Waals surface area (Å²) in [5, 5.41) is 12.8. The molecule has 2 atom stereocenters. The highest BCUT2D eigenvalue weighted by atomic mass is 32.2. The summed E-state index contributed by atoms with van der Waals surface area (Å²) in [6.07, 6.45) is 2.49. The highest BCUT2D eigenvalue weighted by Gasteiger charge is 2.46. The van der Waals surface area contributed by atoms with Crippen molar-refractivity contribution in [2.45, 2.75) is 25.0 Å². The summed E-state index contributed by atoms with van der Waals surface area (Å²) in [5.41, 5.74) is 2.16. The lowest BCUT2D eigenvalue weighted by Crippen LogP contribution is -2.60. The van der Waals surface area contributed by atoms with Gasteiger partial charge in [0, 0.05) is 44.0 Å². The van der Waals surface area contributed by atoms with Crippen LogP contribution in [0, 0.1) is 5.92 Å². The maximum absolute atomic E-state index is 11.7. The van der Waals surface area contributed by atoms with E-state index in [2.05, 4.69) is 9.88 Å². The Bertz CT molecular complexity index is 590. The highest BCUT2D eigenvalue weighted by Crippen LogP contribution is 2.36. The number of sulfonamides is 1. The maximum atomic E-state index is 11.7. The van der Waals surface area contributed by atoms with Gasteiger partial charge in [0.15, 0.2) is 0 Å². The summed E-state index contributed by atoms with van der Waals surface area (Å²) in [4.78, 5) is 6.56. The summed E-state index contributed by atoms with van der Waals surface area (Å²) < 4.78 is 24.9. The van der Waals surface area contributed by atoms with Gasteiger partial charge in [-0.15, -0.1) is 11.3 Å². The van der Waals surface area contributed by atoms with Crippen molar-refractivity contribution in [3.63, 3.8) is 0 Å². The minimum atomic E-state index is -3.18. The molecule has 0 unspecified atom stereocenters. The first-order valence-electron chi connectivity index (χ1n) is 7.14. The first-order valence-corrected chi connectivity index (χ1v) is 9.93. The lowest BCUT2D eigenvalue weighted by atomic mass is 9.76. The van der Waals surface area contributed by atoms with Crippen LogP contribution in [0.15, 0.2) is 10.9 Å². The number of rotatable bonds is 3. The maximum Gasteiger partial charge on any atom is 0.211 e. The van der Waals surface area contributed by atoms with Gasteiger partial charge in [0.1, 0.15) is 0 Å². The van der Waals surface area contributed by atoms with Gasteiger partial charge in [-0.1, -0.05) is 0 Å². The molecule has 21 heavy (non-hydrogen) atoms. The Morgan fingerprint density at radius 3 is 2.86 bits per heavy atom. The minimum absolute atomic E-state index is 0.0200. The molecule has 2 fully saturated rings. The molecule has 1 N–H and O–H groups in total. The minimum Gasteiger partial charge on any atom is -0.389 e. The summed E-state index contributed by atoms with van der Waals surface area (Å²) in [7, 11) is -3.18. The quantitative estimate of drug-likeness (QED) is 0.866. The molecule has 3 rings (SSSR count). The fourth-order valence-electron chi connectivity index (χ4n) is 3.33. The molecule has 1 aromatic heterocycles. The summed E-state index contributed by atoms with van der Waals surface area (Å²) in [6.45, 7) is 3.18. The van der Waals surface area contributed by atoms with Crippen LogP contribution in [0.2, 0.25) is 0 Å². The molecule has 0 radical (unpaired) electrons. The molecular formula is C13H21N3O3S2. The van der Waals surface area contributed by atoms with Crippen molar-refractivity contribution >= 4 is 21.4 Å². The van der Waals surface area contributed by atoms with Gasteiger partial charge in [-0.05, 0) is 12.8 Å². The molecule has 118 valence electrons. The van der Waals surface area contributed by atoms with E-state index in [1.165, 1.54) is 10.6 Å². The molecular weight excluding hydrogens is 310 g/mol. The zero-order chi connectivity index (χ0) is 15.1. The third-order valence-corrected chi connectivity index (χ3v) is 6.56. The predicted molar refractivity (Wildman–Crippen MR) is 81.5 cm³/mol. The van der Waals surface area contributed by atoms with E-state index < -0.39 is 15.6 Å². The third kappa shape index (κ3) is 3.29. The van der Waals surface area contributed by atoms with Gasteiger partial charge in [0.2, 0.25) is 10.0 Å². The van der Waals surface area contributed by atoms with Crippen LogP contribution in [0.25, 0.3) is 0 Å². The molecule has 0 bridgehead atoms. The topological polar surface area (TPSA) is 73.7 Å². The van der Waals surface area contributed by atoms with Crippen LogP contribution in [0.5, 0.6) is 0 Å². The van der Waals surface area contributed by atoms with Crippen molar-refractivity contribution in [1.82, 2.24) is 14.2 Å². The SMILES string of the molecule is CS(=O)(=O)N1CC[C@@]2(O)CCN(Cc3cscn3)C[C@H]2C1. The number of aliphatic hydroxyl groups is 1. The monoisotopic (exact) mass is 331 g/mol. The van der Waals surface area contributed by atoms with Crippen molar-refractivity contribution < 1.29 is 13.5 Å². The number of nitrogens with zero attached hydrogens (tertiary/aromatic N) is 3. The molecule has 6 nitrogen and oxygen atoms in total. The van der Waals surface area contributed by atoms with Gasteiger partial charge in [0.25, 0.3) is 0 Å². The number of piperidine rings is 2. The average molecular weight is 331 g/mol. The van der Waals surface area contributed by atoms with E-state index in [0.29, 0.717) is 25.9 Å². The fourth-order valence-corrected chi connectivity index (χ4v) is 4.75. The fraction of sp³-hybridized carbons (Fsp3) is 0.769. The molecule has 3 heterocycles. The molecule has 0 saturated carbocycles. The molecule has 0 amide bonds. The van der Waals surface area contributed by atoms with E-state index in [4.69, 9.17) is 0 Å². The Morgan fingerprint density at radius 1 is 1.43 bits per heavy atom. The van der Waals surface area contributed by atoms with Gasteiger partial charge in [-0.25, -0.2) is 17.7 Å². The smallest absolute Gasteiger partial charge is 0.211 e. The van der Waals surface area contributed by atoms with Crippen LogP contribution in [0.3, 0.4) is 0 Å². The van der Waals surface area contributed by atoms with E-state index in [1.54, 1.807) is 11.3 Å². The van der Waals surface area contributed by atoms with Crippen molar-refractivity contribution in [3.8, 4) is 0 Å². The molecule has 0 aromatic carbocycles. The first-order chi connectivity index (χ1) is 9.87. The molecule has 2 aliphatic heterocycles. The zero-order valence-corrected chi connectivity index (χ0v) is 13.7. The molecule has 2 aliphatic rings. The number of thiazole rings is 1. The highest BCUT2D eigenvalue weighted by molar-refractivity contribution is 7.88. The van der Waals surface area contributed by atoms with E-state index in [0.717, 1.165) is 25.3 Å². The van der Waals surface area contributed by atoms with E-state index in [-0.39, 0.29) is 5.92 Å². The molecule has 2 saturated heterocycles. The van der Waals surface area contributed by atoms with E-state index in [1.807, 2.05) is 10.9 Å². The Morgan fingerprint density at radius 2 is 2.19 bits per heavy atom. The number of hydrogen-bond acceptors (Lipinski definition) is 6. The molecule has 0 spiro atoms. The average Bonchev–Trinajstić information content (AvgIpc) is 2.90. The van der Waals surface area contributed by atoms with Gasteiger partial charge in [-0.3, -0.25) is 4.90 Å². The summed E-state index contributed by atoms with van der Waals surface area (Å²) >= 11 is 1.58. The molecule has 8 heteroatoms. The number of fused-ring (bicyclic) bond motifs is 1. The van der Waals surface area contributed by atoms with Crippen LogP contribution in [-0.2, 0) is 16.6 Å². The van der Waals surface area contributed by atoms with Crippen LogP contribution >= 0.6 is 11.3 Å². The van der Waals surface area contributed by atoms with Gasteiger partial charge >= 0.3 is 0 Å².